The number of nitrogens with zero attached hydrogens (tertiary/aromatic N) is 2. The molecule has 0 saturated carbocycles. The maximum absolute atomic E-state index is 12.6. The molecule has 1 amide bonds. The van der Waals surface area contributed by atoms with Gasteiger partial charge in [0.2, 0.25) is 17.5 Å². The summed E-state index contributed by atoms with van der Waals surface area (Å²) in [6, 6.07) is 21.3. The number of methoxy groups -OCH3 is 3. The van der Waals surface area contributed by atoms with Crippen molar-refractivity contribution >= 4 is 23.4 Å². The van der Waals surface area contributed by atoms with E-state index in [1.165, 1.54) is 26.9 Å². The van der Waals surface area contributed by atoms with Crippen molar-refractivity contribution in [1.29, 1.82) is 0 Å². The molecule has 0 aliphatic heterocycles. The summed E-state index contributed by atoms with van der Waals surface area (Å²) in [6.07, 6.45) is 0.728. The molecule has 35 heavy (non-hydrogen) atoms. The number of hydrogen-bond donors (Lipinski definition) is 1. The second-order valence-electron chi connectivity index (χ2n) is 7.44. The van der Waals surface area contributed by atoms with Crippen LogP contribution in [0.25, 0.3) is 11.5 Å². The van der Waals surface area contributed by atoms with Crippen molar-refractivity contribution in [3.63, 3.8) is 0 Å². The summed E-state index contributed by atoms with van der Waals surface area (Å²) < 4.78 is 21.9. The molecule has 0 unspecified atom stereocenters. The highest BCUT2D eigenvalue weighted by Crippen LogP contribution is 2.41. The zero-order chi connectivity index (χ0) is 24.6. The Morgan fingerprint density at radius 1 is 0.914 bits per heavy atom. The molecule has 0 spiro atoms. The van der Waals surface area contributed by atoms with E-state index in [1.54, 1.807) is 12.1 Å². The van der Waals surface area contributed by atoms with Crippen molar-refractivity contribution in [2.45, 2.75) is 11.6 Å². The number of para-hydroxylation sites is 1. The Kier molecular flexibility index (Phi) is 7.89. The number of hydrogen-bond acceptors (Lipinski definition) is 8. The van der Waals surface area contributed by atoms with E-state index in [9.17, 15) is 4.79 Å². The van der Waals surface area contributed by atoms with Crippen LogP contribution in [0.5, 0.6) is 17.2 Å². The molecule has 4 rings (SSSR count). The Balaban J connectivity index is 1.41. The topological polar surface area (TPSA) is 95.7 Å². The molecule has 4 aromatic rings. The Labute approximate surface area is 207 Å². The van der Waals surface area contributed by atoms with Gasteiger partial charge in [-0.15, -0.1) is 10.2 Å². The predicted molar refractivity (Wildman–Crippen MR) is 134 cm³/mol. The molecule has 0 fully saturated rings. The predicted octanol–water partition coefficient (Wildman–Crippen LogP) is 5.08. The van der Waals surface area contributed by atoms with Gasteiger partial charge in [-0.05, 0) is 35.7 Å². The minimum Gasteiger partial charge on any atom is -0.493 e. The third-order valence-electron chi connectivity index (χ3n) is 5.17. The number of amides is 1. The van der Waals surface area contributed by atoms with E-state index in [1.807, 2.05) is 42.5 Å². The summed E-state index contributed by atoms with van der Waals surface area (Å²) >= 11 is 1.16. The number of rotatable bonds is 10. The number of thioether (sulfide) groups is 1. The van der Waals surface area contributed by atoms with Gasteiger partial charge in [-0.1, -0.05) is 60.3 Å². The van der Waals surface area contributed by atoms with Gasteiger partial charge in [0.15, 0.2) is 11.5 Å². The minimum absolute atomic E-state index is 0.122. The van der Waals surface area contributed by atoms with Crippen molar-refractivity contribution in [3.05, 3.63) is 77.9 Å². The molecule has 1 heterocycles. The third kappa shape index (κ3) is 5.93. The molecule has 3 aromatic carbocycles. The fraction of sp³-hybridized carbons (Fsp3) is 0.192. The molecule has 0 aliphatic carbocycles. The summed E-state index contributed by atoms with van der Waals surface area (Å²) in [4.78, 5) is 12.6. The molecule has 9 heteroatoms. The van der Waals surface area contributed by atoms with Gasteiger partial charge in [0.05, 0.1) is 27.1 Å². The van der Waals surface area contributed by atoms with E-state index in [-0.39, 0.29) is 22.8 Å². The van der Waals surface area contributed by atoms with Crippen molar-refractivity contribution in [1.82, 2.24) is 10.2 Å². The van der Waals surface area contributed by atoms with Crippen LogP contribution in [0.1, 0.15) is 11.1 Å². The van der Waals surface area contributed by atoms with Crippen LogP contribution in [0, 0.1) is 0 Å². The molecule has 0 radical (unpaired) electrons. The number of carbonyl (C=O) groups is 1. The standard InChI is InChI=1S/C26H25N3O5S/c1-31-21-14-19(15-22(32-2)24(21)33-3)25-28-29-26(34-25)35-16-23(30)27-20-12-8-7-11-18(20)13-17-9-5-4-6-10-17/h4-12,14-15H,13,16H2,1-3H3,(H,27,30). The van der Waals surface area contributed by atoms with E-state index in [4.69, 9.17) is 18.6 Å². The highest BCUT2D eigenvalue weighted by Gasteiger charge is 2.18. The lowest BCUT2D eigenvalue weighted by Crippen LogP contribution is -2.15. The molecule has 0 saturated heterocycles. The average molecular weight is 492 g/mol. The van der Waals surface area contributed by atoms with E-state index in [0.29, 0.717) is 22.8 Å². The number of ether oxygens (including phenoxy) is 3. The van der Waals surface area contributed by atoms with E-state index in [2.05, 4.69) is 27.6 Å². The third-order valence-corrected chi connectivity index (χ3v) is 5.99. The number of nitrogens with one attached hydrogen (secondary N) is 1. The maximum Gasteiger partial charge on any atom is 0.277 e. The first-order valence-corrected chi connectivity index (χ1v) is 11.8. The Morgan fingerprint density at radius 2 is 1.60 bits per heavy atom. The zero-order valence-electron chi connectivity index (χ0n) is 19.6. The van der Waals surface area contributed by atoms with Gasteiger partial charge in [-0.3, -0.25) is 4.79 Å². The van der Waals surface area contributed by atoms with Gasteiger partial charge in [0.25, 0.3) is 5.22 Å². The fourth-order valence-corrected chi connectivity index (χ4v) is 4.08. The van der Waals surface area contributed by atoms with Crippen molar-refractivity contribution < 1.29 is 23.4 Å². The van der Waals surface area contributed by atoms with Crippen molar-refractivity contribution in [2.75, 3.05) is 32.4 Å². The molecule has 0 aliphatic rings. The highest BCUT2D eigenvalue weighted by molar-refractivity contribution is 7.99. The minimum atomic E-state index is -0.164. The van der Waals surface area contributed by atoms with Crippen LogP contribution in [0.2, 0.25) is 0 Å². The first-order valence-electron chi connectivity index (χ1n) is 10.8. The van der Waals surface area contributed by atoms with Crippen molar-refractivity contribution in [2.24, 2.45) is 0 Å². The Hall–Kier alpha value is -3.98. The van der Waals surface area contributed by atoms with E-state index in [0.717, 1.165) is 29.4 Å². The highest BCUT2D eigenvalue weighted by atomic mass is 32.2. The smallest absolute Gasteiger partial charge is 0.277 e. The second kappa shape index (κ2) is 11.4. The Bertz CT molecular complexity index is 1270. The fourth-order valence-electron chi connectivity index (χ4n) is 3.52. The van der Waals surface area contributed by atoms with E-state index < -0.39 is 0 Å². The normalized spacial score (nSPS) is 10.6. The van der Waals surface area contributed by atoms with Crippen LogP contribution in [-0.4, -0.2) is 43.2 Å². The molecule has 1 aromatic heterocycles. The molecule has 180 valence electrons. The summed E-state index contributed by atoms with van der Waals surface area (Å²) in [7, 11) is 4.60. The van der Waals surface area contributed by atoms with Crippen LogP contribution < -0.4 is 19.5 Å². The number of carbonyl (C=O) groups excluding carboxylic acids is 1. The van der Waals surface area contributed by atoms with Gasteiger partial charge in [-0.25, -0.2) is 0 Å². The summed E-state index contributed by atoms with van der Waals surface area (Å²) in [6.45, 7) is 0. The van der Waals surface area contributed by atoms with Crippen LogP contribution >= 0.6 is 11.8 Å². The van der Waals surface area contributed by atoms with Crippen LogP contribution in [0.15, 0.2) is 76.4 Å². The van der Waals surface area contributed by atoms with Gasteiger partial charge >= 0.3 is 0 Å². The summed E-state index contributed by atoms with van der Waals surface area (Å²) in [5, 5.41) is 11.4. The van der Waals surface area contributed by atoms with Crippen LogP contribution in [0.3, 0.4) is 0 Å². The van der Waals surface area contributed by atoms with Crippen LogP contribution in [0.4, 0.5) is 5.69 Å². The maximum atomic E-state index is 12.6. The molecular weight excluding hydrogens is 466 g/mol. The van der Waals surface area contributed by atoms with Gasteiger partial charge in [0.1, 0.15) is 0 Å². The monoisotopic (exact) mass is 491 g/mol. The SMILES string of the molecule is COc1cc(-c2nnc(SCC(=O)Nc3ccccc3Cc3ccccc3)o2)cc(OC)c1OC. The van der Waals surface area contributed by atoms with Gasteiger partial charge in [-0.2, -0.15) is 0 Å². The summed E-state index contributed by atoms with van der Waals surface area (Å²) in [5.74, 6) is 1.66. The van der Waals surface area contributed by atoms with Crippen LogP contribution in [-0.2, 0) is 11.2 Å². The average Bonchev–Trinajstić information content (AvgIpc) is 3.37. The lowest BCUT2D eigenvalue weighted by atomic mass is 10.0. The molecule has 0 bridgehead atoms. The number of anilines is 1. The number of benzene rings is 3. The molecule has 1 N–H and O–H groups in total. The van der Waals surface area contributed by atoms with Gasteiger partial charge in [0, 0.05) is 11.3 Å². The molecule has 8 nitrogen and oxygen atoms in total. The second-order valence-corrected chi connectivity index (χ2v) is 8.37. The summed E-state index contributed by atoms with van der Waals surface area (Å²) in [5.41, 5.74) is 3.61. The first-order chi connectivity index (χ1) is 17.1. The molecular formula is C26H25N3O5S. The lowest BCUT2D eigenvalue weighted by molar-refractivity contribution is -0.113. The van der Waals surface area contributed by atoms with E-state index >= 15 is 0 Å². The quantitative estimate of drug-likeness (QED) is 0.307. The number of aromatic nitrogens is 2. The lowest BCUT2D eigenvalue weighted by Gasteiger charge is -2.12. The Morgan fingerprint density at radius 3 is 2.29 bits per heavy atom. The largest absolute Gasteiger partial charge is 0.493 e. The first kappa shape index (κ1) is 24.2. The zero-order valence-corrected chi connectivity index (χ0v) is 20.4. The van der Waals surface area contributed by atoms with Gasteiger partial charge < -0.3 is 23.9 Å². The molecule has 0 atom stereocenters. The van der Waals surface area contributed by atoms with Crippen molar-refractivity contribution in [3.8, 4) is 28.7 Å².